The van der Waals surface area contributed by atoms with Crippen molar-refractivity contribution in [3.05, 3.63) is 101 Å². The molecule has 0 aliphatic rings. The number of anilines is 2. The summed E-state index contributed by atoms with van der Waals surface area (Å²) >= 11 is 7.23. The number of amides is 1. The summed E-state index contributed by atoms with van der Waals surface area (Å²) in [6.45, 7) is -0.373. The molecule has 0 saturated carbocycles. The Balaban J connectivity index is 1.40. The Morgan fingerprint density at radius 3 is 2.43 bits per heavy atom. The lowest BCUT2D eigenvalue weighted by atomic mass is 10.0. The van der Waals surface area contributed by atoms with Gasteiger partial charge in [-0.3, -0.25) is 14.3 Å². The van der Waals surface area contributed by atoms with Gasteiger partial charge in [-0.2, -0.15) is 0 Å². The van der Waals surface area contributed by atoms with Gasteiger partial charge in [0.2, 0.25) is 0 Å². The summed E-state index contributed by atoms with van der Waals surface area (Å²) in [5.41, 5.74) is 1.07. The van der Waals surface area contributed by atoms with Crippen LogP contribution in [0, 0.1) is 0 Å². The maximum Gasteiger partial charge on any atom is 0.263 e. The molecule has 8 nitrogen and oxygen atoms in total. The molecule has 2 N–H and O–H groups in total. The summed E-state index contributed by atoms with van der Waals surface area (Å²) in [5, 5.41) is 4.90. The van der Waals surface area contributed by atoms with Crippen LogP contribution in [0.15, 0.2) is 89.3 Å². The molecule has 0 spiro atoms. The molecule has 1 amide bonds. The zero-order valence-corrected chi connectivity index (χ0v) is 20.4. The molecule has 0 atom stereocenters. The van der Waals surface area contributed by atoms with Crippen LogP contribution < -0.4 is 14.8 Å². The van der Waals surface area contributed by atoms with E-state index in [1.807, 2.05) is 0 Å². The Bertz CT molecular complexity index is 1440. The van der Waals surface area contributed by atoms with Gasteiger partial charge in [0.25, 0.3) is 15.9 Å². The Kier molecular flexibility index (Phi) is 7.45. The summed E-state index contributed by atoms with van der Waals surface area (Å²) in [6.07, 6.45) is 1.49. The van der Waals surface area contributed by atoms with Gasteiger partial charge in [0.1, 0.15) is 5.75 Å². The first-order valence-corrected chi connectivity index (χ1v) is 12.9. The second kappa shape index (κ2) is 10.7. The number of hydrogen-bond donors (Lipinski definition) is 2. The average molecular weight is 528 g/mol. The normalized spacial score (nSPS) is 11.0. The number of rotatable bonds is 9. The number of halogens is 1. The van der Waals surface area contributed by atoms with Gasteiger partial charge in [0, 0.05) is 27.9 Å². The minimum absolute atomic E-state index is 0.0205. The fourth-order valence-corrected chi connectivity index (χ4v) is 5.02. The van der Waals surface area contributed by atoms with E-state index in [4.69, 9.17) is 16.3 Å². The first kappa shape index (κ1) is 24.4. The number of carbonyl (C=O) groups excluding carboxylic acids is 2. The van der Waals surface area contributed by atoms with Crippen molar-refractivity contribution in [2.24, 2.45) is 0 Å². The van der Waals surface area contributed by atoms with Gasteiger partial charge in [-0.15, -0.1) is 11.3 Å². The smallest absolute Gasteiger partial charge is 0.263 e. The third-order valence-electron chi connectivity index (χ3n) is 4.68. The predicted octanol–water partition coefficient (Wildman–Crippen LogP) is 4.85. The number of sulfonamides is 1. The molecule has 178 valence electrons. The molecule has 0 aliphatic heterocycles. The molecule has 0 bridgehead atoms. The fraction of sp³-hybridized carbons (Fsp3) is 0.0417. The molecule has 3 aromatic carbocycles. The predicted molar refractivity (Wildman–Crippen MR) is 135 cm³/mol. The Morgan fingerprint density at radius 2 is 1.74 bits per heavy atom. The van der Waals surface area contributed by atoms with Gasteiger partial charge >= 0.3 is 0 Å². The van der Waals surface area contributed by atoms with Gasteiger partial charge in [0.15, 0.2) is 17.5 Å². The van der Waals surface area contributed by atoms with Crippen molar-refractivity contribution in [2.75, 3.05) is 16.6 Å². The molecule has 0 saturated heterocycles. The van der Waals surface area contributed by atoms with E-state index in [-0.39, 0.29) is 33.7 Å². The van der Waals surface area contributed by atoms with Gasteiger partial charge < -0.3 is 10.1 Å². The standard InChI is InChI=1S/C24H18ClN3O5S2/c25-17-6-11-21(20(14-17)23(30)16-4-2-1-3-5-16)33-15-22(29)27-18-7-9-19(10-8-18)35(31,32)28-24-26-12-13-34-24/h1-14H,15H2,(H,26,28)(H,27,29). The van der Waals surface area contributed by atoms with Crippen LogP contribution in [0.1, 0.15) is 15.9 Å². The van der Waals surface area contributed by atoms with E-state index in [1.54, 1.807) is 41.8 Å². The lowest BCUT2D eigenvalue weighted by Gasteiger charge is -2.12. The van der Waals surface area contributed by atoms with E-state index in [0.29, 0.717) is 16.3 Å². The molecule has 35 heavy (non-hydrogen) atoms. The largest absolute Gasteiger partial charge is 0.483 e. The van der Waals surface area contributed by atoms with Crippen molar-refractivity contribution < 1.29 is 22.7 Å². The molecular formula is C24H18ClN3O5S2. The monoisotopic (exact) mass is 527 g/mol. The van der Waals surface area contributed by atoms with Crippen LogP contribution >= 0.6 is 22.9 Å². The lowest BCUT2D eigenvalue weighted by Crippen LogP contribution is -2.21. The number of thiazole rings is 1. The molecule has 0 fully saturated rings. The molecule has 11 heteroatoms. The molecule has 4 rings (SSSR count). The topological polar surface area (TPSA) is 114 Å². The van der Waals surface area contributed by atoms with Crippen molar-refractivity contribution in [3.8, 4) is 5.75 Å². The molecule has 0 unspecified atom stereocenters. The highest BCUT2D eigenvalue weighted by Crippen LogP contribution is 2.26. The van der Waals surface area contributed by atoms with Crippen molar-refractivity contribution in [1.82, 2.24) is 4.98 Å². The fourth-order valence-electron chi connectivity index (χ4n) is 3.06. The molecular weight excluding hydrogens is 510 g/mol. The molecule has 0 aliphatic carbocycles. The van der Waals surface area contributed by atoms with E-state index >= 15 is 0 Å². The number of ether oxygens (including phenoxy) is 1. The van der Waals surface area contributed by atoms with Gasteiger partial charge in [-0.25, -0.2) is 13.4 Å². The number of hydrogen-bond acceptors (Lipinski definition) is 7. The first-order chi connectivity index (χ1) is 16.8. The second-order valence-electron chi connectivity index (χ2n) is 7.14. The first-order valence-electron chi connectivity index (χ1n) is 10.2. The summed E-state index contributed by atoms with van der Waals surface area (Å²) in [4.78, 5) is 29.2. The minimum atomic E-state index is -3.80. The zero-order valence-electron chi connectivity index (χ0n) is 18.0. The van der Waals surface area contributed by atoms with Crippen LogP contribution in [-0.2, 0) is 14.8 Å². The number of nitrogens with zero attached hydrogens (tertiary/aromatic N) is 1. The minimum Gasteiger partial charge on any atom is -0.483 e. The van der Waals surface area contributed by atoms with Crippen LogP contribution in [0.25, 0.3) is 0 Å². The zero-order chi connectivity index (χ0) is 24.8. The van der Waals surface area contributed by atoms with E-state index in [2.05, 4.69) is 15.0 Å². The SMILES string of the molecule is O=C(COc1ccc(Cl)cc1C(=O)c1ccccc1)Nc1ccc(S(=O)(=O)Nc2nccs2)cc1. The lowest BCUT2D eigenvalue weighted by molar-refractivity contribution is -0.118. The van der Waals surface area contributed by atoms with Crippen LogP contribution in [-0.4, -0.2) is 31.7 Å². The molecule has 1 heterocycles. The maximum absolute atomic E-state index is 12.9. The van der Waals surface area contributed by atoms with Crippen molar-refractivity contribution in [1.29, 1.82) is 0 Å². The summed E-state index contributed by atoms with van der Waals surface area (Å²) < 4.78 is 32.8. The van der Waals surface area contributed by atoms with Crippen molar-refractivity contribution in [2.45, 2.75) is 4.90 Å². The highest BCUT2D eigenvalue weighted by Gasteiger charge is 2.18. The highest BCUT2D eigenvalue weighted by atomic mass is 35.5. The number of benzene rings is 3. The van der Waals surface area contributed by atoms with Crippen LogP contribution in [0.5, 0.6) is 5.75 Å². The summed E-state index contributed by atoms with van der Waals surface area (Å²) in [7, 11) is -3.80. The molecule has 4 aromatic rings. The summed E-state index contributed by atoms with van der Waals surface area (Å²) in [6, 6.07) is 18.9. The van der Waals surface area contributed by atoms with Crippen LogP contribution in [0.2, 0.25) is 5.02 Å². The van der Waals surface area contributed by atoms with E-state index < -0.39 is 15.9 Å². The van der Waals surface area contributed by atoms with E-state index in [0.717, 1.165) is 11.3 Å². The Labute approximate surface area is 210 Å². The summed E-state index contributed by atoms with van der Waals surface area (Å²) in [5.74, 6) is -0.561. The van der Waals surface area contributed by atoms with Gasteiger partial charge in [-0.05, 0) is 42.5 Å². The quantitative estimate of drug-likeness (QED) is 0.301. The third-order valence-corrected chi connectivity index (χ3v) is 7.09. The highest BCUT2D eigenvalue weighted by molar-refractivity contribution is 7.93. The van der Waals surface area contributed by atoms with E-state index in [9.17, 15) is 18.0 Å². The van der Waals surface area contributed by atoms with Crippen LogP contribution in [0.3, 0.4) is 0 Å². The average Bonchev–Trinajstić information content (AvgIpc) is 3.36. The Hall–Kier alpha value is -3.73. The van der Waals surface area contributed by atoms with Gasteiger partial charge in [-0.1, -0.05) is 41.9 Å². The Morgan fingerprint density at radius 1 is 1.00 bits per heavy atom. The number of aromatic nitrogens is 1. The van der Waals surface area contributed by atoms with Gasteiger partial charge in [0.05, 0.1) is 10.5 Å². The maximum atomic E-state index is 12.9. The van der Waals surface area contributed by atoms with E-state index in [1.165, 1.54) is 42.6 Å². The van der Waals surface area contributed by atoms with Crippen molar-refractivity contribution in [3.63, 3.8) is 0 Å². The number of carbonyl (C=O) groups is 2. The molecule has 1 aromatic heterocycles. The van der Waals surface area contributed by atoms with Crippen LogP contribution in [0.4, 0.5) is 10.8 Å². The molecule has 0 radical (unpaired) electrons. The van der Waals surface area contributed by atoms with Crippen molar-refractivity contribution >= 4 is 55.5 Å². The second-order valence-corrected chi connectivity index (χ2v) is 10.2. The third kappa shape index (κ3) is 6.24. The number of nitrogens with one attached hydrogen (secondary N) is 2. The number of ketones is 1.